The number of furan rings is 1. The van der Waals surface area contributed by atoms with E-state index in [1.165, 1.54) is 6.26 Å². The fourth-order valence-corrected chi connectivity index (χ4v) is 2.11. The highest BCUT2D eigenvalue weighted by Crippen LogP contribution is 2.39. The van der Waals surface area contributed by atoms with Crippen LogP contribution in [0.4, 0.5) is 5.95 Å². The van der Waals surface area contributed by atoms with E-state index in [9.17, 15) is 4.79 Å². The van der Waals surface area contributed by atoms with Gasteiger partial charge in [-0.1, -0.05) is 0 Å². The van der Waals surface area contributed by atoms with E-state index in [2.05, 4.69) is 15.5 Å². The van der Waals surface area contributed by atoms with Gasteiger partial charge in [0.15, 0.2) is 5.76 Å². The summed E-state index contributed by atoms with van der Waals surface area (Å²) in [6, 6.07) is 1.71. The summed E-state index contributed by atoms with van der Waals surface area (Å²) in [5.41, 5.74) is 0.703. The van der Waals surface area contributed by atoms with Crippen LogP contribution in [0.5, 0.6) is 0 Å². The summed E-state index contributed by atoms with van der Waals surface area (Å²) in [6.45, 7) is 0.325. The summed E-state index contributed by atoms with van der Waals surface area (Å²) >= 11 is 0. The Kier molecular flexibility index (Phi) is 3.27. The number of ether oxygens (including phenoxy) is 1. The molecule has 0 unspecified atom stereocenters. The molecule has 7 heteroatoms. The first-order valence-electron chi connectivity index (χ1n) is 6.46. The molecule has 20 heavy (non-hydrogen) atoms. The van der Waals surface area contributed by atoms with Gasteiger partial charge >= 0.3 is 0 Å². The minimum absolute atomic E-state index is 0.239. The first kappa shape index (κ1) is 12.9. The van der Waals surface area contributed by atoms with Gasteiger partial charge in [0.1, 0.15) is 5.82 Å². The van der Waals surface area contributed by atoms with E-state index in [-0.39, 0.29) is 11.7 Å². The van der Waals surface area contributed by atoms with Crippen molar-refractivity contribution in [3.8, 4) is 0 Å². The van der Waals surface area contributed by atoms with Gasteiger partial charge in [-0.3, -0.25) is 14.7 Å². The van der Waals surface area contributed by atoms with Crippen molar-refractivity contribution in [1.29, 1.82) is 0 Å². The second kappa shape index (κ2) is 5.09. The summed E-state index contributed by atoms with van der Waals surface area (Å²) in [6.07, 6.45) is 3.74. The van der Waals surface area contributed by atoms with Crippen molar-refractivity contribution in [2.24, 2.45) is 7.05 Å². The molecule has 7 nitrogen and oxygen atoms in total. The quantitative estimate of drug-likeness (QED) is 0.898. The molecule has 0 aromatic carbocycles. The lowest BCUT2D eigenvalue weighted by atomic mass is 10.2. The van der Waals surface area contributed by atoms with Gasteiger partial charge in [-0.2, -0.15) is 0 Å². The van der Waals surface area contributed by atoms with E-state index in [4.69, 9.17) is 9.15 Å². The molecule has 0 bridgehead atoms. The smallest absolute Gasteiger partial charge is 0.294 e. The number of nitrogens with one attached hydrogen (secondary N) is 1. The summed E-state index contributed by atoms with van der Waals surface area (Å²) in [4.78, 5) is 12.2. The van der Waals surface area contributed by atoms with E-state index < -0.39 is 0 Å². The highest BCUT2D eigenvalue weighted by molar-refractivity contribution is 6.02. The Labute approximate surface area is 115 Å². The molecule has 0 aliphatic heterocycles. The van der Waals surface area contributed by atoms with Crippen LogP contribution in [0.1, 0.15) is 40.7 Å². The summed E-state index contributed by atoms with van der Waals surface area (Å²) in [7, 11) is 3.42. The van der Waals surface area contributed by atoms with Crippen molar-refractivity contribution in [2.75, 3.05) is 12.4 Å². The zero-order valence-electron chi connectivity index (χ0n) is 11.4. The number of methoxy groups -OCH3 is 1. The van der Waals surface area contributed by atoms with Gasteiger partial charge in [-0.15, -0.1) is 10.2 Å². The van der Waals surface area contributed by atoms with Crippen LogP contribution in [0.3, 0.4) is 0 Å². The van der Waals surface area contributed by atoms with Crippen molar-refractivity contribution in [3.63, 3.8) is 0 Å². The zero-order chi connectivity index (χ0) is 14.1. The molecule has 1 fully saturated rings. The zero-order valence-corrected chi connectivity index (χ0v) is 11.4. The predicted molar refractivity (Wildman–Crippen MR) is 70.4 cm³/mol. The standard InChI is InChI=1S/C13H16N4O3/c1-17-11(8-3-4-8)15-16-13(17)14-12(18)10-9(7-19-2)5-6-20-10/h5-6,8H,3-4,7H2,1-2H3,(H,14,16,18). The highest BCUT2D eigenvalue weighted by atomic mass is 16.5. The first-order valence-corrected chi connectivity index (χ1v) is 6.46. The largest absolute Gasteiger partial charge is 0.459 e. The molecular formula is C13H16N4O3. The van der Waals surface area contributed by atoms with Crippen molar-refractivity contribution in [1.82, 2.24) is 14.8 Å². The number of rotatable bonds is 5. The molecule has 0 atom stereocenters. The number of anilines is 1. The van der Waals surface area contributed by atoms with Crippen molar-refractivity contribution >= 4 is 11.9 Å². The topological polar surface area (TPSA) is 82.2 Å². The number of hydrogen-bond donors (Lipinski definition) is 1. The third-order valence-electron chi connectivity index (χ3n) is 3.33. The van der Waals surface area contributed by atoms with Crippen molar-refractivity contribution < 1.29 is 13.9 Å². The average Bonchev–Trinajstić information content (AvgIpc) is 3.06. The van der Waals surface area contributed by atoms with E-state index in [1.807, 2.05) is 11.6 Å². The number of amides is 1. The van der Waals surface area contributed by atoms with Crippen LogP contribution in [0.15, 0.2) is 16.7 Å². The van der Waals surface area contributed by atoms with Gasteiger partial charge in [0.2, 0.25) is 5.95 Å². The molecule has 106 valence electrons. The van der Waals surface area contributed by atoms with Gasteiger partial charge in [-0.25, -0.2) is 0 Å². The average molecular weight is 276 g/mol. The molecule has 0 saturated heterocycles. The fraction of sp³-hybridized carbons (Fsp3) is 0.462. The van der Waals surface area contributed by atoms with Gasteiger partial charge in [0, 0.05) is 25.6 Å². The van der Waals surface area contributed by atoms with Gasteiger partial charge in [0.05, 0.1) is 12.9 Å². The van der Waals surface area contributed by atoms with Gasteiger partial charge < -0.3 is 9.15 Å². The lowest BCUT2D eigenvalue weighted by molar-refractivity contribution is 0.0988. The summed E-state index contributed by atoms with van der Waals surface area (Å²) in [5, 5.41) is 10.8. The summed E-state index contributed by atoms with van der Waals surface area (Å²) in [5.74, 6) is 1.71. The Morgan fingerprint density at radius 1 is 1.55 bits per heavy atom. The van der Waals surface area contributed by atoms with E-state index >= 15 is 0 Å². The molecule has 1 saturated carbocycles. The van der Waals surface area contributed by atoms with E-state index in [0.717, 1.165) is 18.7 Å². The Morgan fingerprint density at radius 3 is 3.05 bits per heavy atom. The molecule has 2 heterocycles. The van der Waals surface area contributed by atoms with Crippen LogP contribution in [0, 0.1) is 0 Å². The van der Waals surface area contributed by atoms with Gasteiger partial charge in [-0.05, 0) is 18.9 Å². The lowest BCUT2D eigenvalue weighted by Gasteiger charge is -2.05. The molecule has 0 radical (unpaired) electrons. The highest BCUT2D eigenvalue weighted by Gasteiger charge is 2.29. The number of carbonyl (C=O) groups excluding carboxylic acids is 1. The fourth-order valence-electron chi connectivity index (χ4n) is 2.11. The maximum Gasteiger partial charge on any atom is 0.294 e. The number of hydrogen-bond acceptors (Lipinski definition) is 5. The second-order valence-electron chi connectivity index (χ2n) is 4.88. The first-order chi connectivity index (χ1) is 9.70. The molecule has 3 rings (SSSR count). The van der Waals surface area contributed by atoms with Crippen LogP contribution >= 0.6 is 0 Å². The Balaban J connectivity index is 1.76. The minimum Gasteiger partial charge on any atom is -0.459 e. The molecule has 1 aliphatic rings. The third kappa shape index (κ3) is 2.32. The molecular weight excluding hydrogens is 260 g/mol. The van der Waals surface area contributed by atoms with Crippen molar-refractivity contribution in [2.45, 2.75) is 25.4 Å². The molecule has 1 aliphatic carbocycles. The maximum absolute atomic E-state index is 12.2. The van der Waals surface area contributed by atoms with Crippen LogP contribution in [0.25, 0.3) is 0 Å². The van der Waals surface area contributed by atoms with E-state index in [0.29, 0.717) is 24.0 Å². The monoisotopic (exact) mass is 276 g/mol. The lowest BCUT2D eigenvalue weighted by Crippen LogP contribution is -2.16. The second-order valence-corrected chi connectivity index (χ2v) is 4.88. The number of nitrogens with zero attached hydrogens (tertiary/aromatic N) is 3. The van der Waals surface area contributed by atoms with Crippen LogP contribution < -0.4 is 5.32 Å². The molecule has 0 spiro atoms. The normalized spacial score (nSPS) is 14.5. The SMILES string of the molecule is COCc1ccoc1C(=O)Nc1nnc(C2CC2)n1C. The molecule has 1 amide bonds. The Hall–Kier alpha value is -2.15. The third-order valence-corrected chi connectivity index (χ3v) is 3.33. The van der Waals surface area contributed by atoms with Gasteiger partial charge in [0.25, 0.3) is 5.91 Å². The summed E-state index contributed by atoms with van der Waals surface area (Å²) < 4.78 is 12.0. The molecule has 2 aromatic heterocycles. The van der Waals surface area contributed by atoms with Crippen LogP contribution in [-0.4, -0.2) is 27.8 Å². The number of aromatic nitrogens is 3. The molecule has 1 N–H and O–H groups in total. The Bertz CT molecular complexity index is 627. The maximum atomic E-state index is 12.2. The van der Waals surface area contributed by atoms with Crippen LogP contribution in [0.2, 0.25) is 0 Å². The minimum atomic E-state index is -0.347. The number of carbonyl (C=O) groups is 1. The molecule has 2 aromatic rings. The van der Waals surface area contributed by atoms with Crippen molar-refractivity contribution in [3.05, 3.63) is 29.5 Å². The Morgan fingerprint density at radius 2 is 2.35 bits per heavy atom. The van der Waals surface area contributed by atoms with Crippen LogP contribution in [-0.2, 0) is 18.4 Å². The van der Waals surface area contributed by atoms with E-state index in [1.54, 1.807) is 13.2 Å². The predicted octanol–water partition coefficient (Wildman–Crippen LogP) is 1.68.